The van der Waals surface area contributed by atoms with Crippen LogP contribution in [0, 0.1) is 0 Å². The summed E-state index contributed by atoms with van der Waals surface area (Å²) in [6.45, 7) is 2.27. The Morgan fingerprint density at radius 2 is 0.779 bits per heavy atom. The van der Waals surface area contributed by atoms with Crippen LogP contribution < -0.4 is 0 Å². The van der Waals surface area contributed by atoms with Crippen LogP contribution in [-0.2, 0) is 6.42 Å². The summed E-state index contributed by atoms with van der Waals surface area (Å²) in [4.78, 5) is 0. The summed E-state index contributed by atoms with van der Waals surface area (Å²) < 4.78 is 14.9. The van der Waals surface area contributed by atoms with E-state index in [9.17, 15) is 0 Å². The van der Waals surface area contributed by atoms with Crippen molar-refractivity contribution in [3.05, 3.63) is 230 Å². The summed E-state index contributed by atoms with van der Waals surface area (Å²) in [7, 11) is 0. The molecule has 0 bridgehead atoms. The van der Waals surface area contributed by atoms with Gasteiger partial charge >= 0.3 is 0 Å². The maximum atomic E-state index is 7.48. The highest BCUT2D eigenvalue weighted by Crippen LogP contribution is 2.53. The van der Waals surface area contributed by atoms with Crippen molar-refractivity contribution in [3.63, 3.8) is 0 Å². The molecule has 0 aliphatic carbocycles. The number of unbranched alkanes of at least 4 members (excludes halogenated alkanes) is 3. The van der Waals surface area contributed by atoms with Crippen LogP contribution in [0.5, 0.6) is 0 Å². The fourth-order valence-corrected chi connectivity index (χ4v) is 10.5. The van der Waals surface area contributed by atoms with Gasteiger partial charge in [-0.25, -0.2) is 0 Å². The van der Waals surface area contributed by atoms with Crippen LogP contribution in [0.1, 0.15) is 38.2 Å². The lowest BCUT2D eigenvalue weighted by atomic mass is 9.86. The Morgan fingerprint density at radius 3 is 1.34 bits per heavy atom. The molecule has 0 aliphatic rings. The molecule has 10 aromatic carbocycles. The molecular formula is C66H50O2. The first kappa shape index (κ1) is 41.2. The molecule has 2 heterocycles. The Balaban J connectivity index is 1.25. The van der Waals surface area contributed by atoms with Crippen molar-refractivity contribution >= 4 is 43.5 Å². The van der Waals surface area contributed by atoms with Gasteiger partial charge < -0.3 is 8.83 Å². The lowest BCUT2D eigenvalue weighted by Crippen LogP contribution is -1.91. The molecule has 12 rings (SSSR count). The Labute approximate surface area is 397 Å². The molecule has 0 amide bonds. The summed E-state index contributed by atoms with van der Waals surface area (Å²) in [5, 5.41) is 6.62. The number of furan rings is 2. The third kappa shape index (κ3) is 7.39. The first-order valence-corrected chi connectivity index (χ1v) is 24.1. The van der Waals surface area contributed by atoms with Crippen molar-refractivity contribution in [2.24, 2.45) is 0 Å². The van der Waals surface area contributed by atoms with Crippen molar-refractivity contribution in [3.8, 4) is 78.3 Å². The van der Waals surface area contributed by atoms with Gasteiger partial charge in [-0.05, 0) is 91.9 Å². The van der Waals surface area contributed by atoms with Crippen LogP contribution in [0.15, 0.2) is 233 Å². The molecular weight excluding hydrogens is 825 g/mol. The van der Waals surface area contributed by atoms with Crippen LogP contribution >= 0.6 is 0 Å². The van der Waals surface area contributed by atoms with Gasteiger partial charge in [0, 0.05) is 43.8 Å². The molecule has 68 heavy (non-hydrogen) atoms. The average molecular weight is 875 g/mol. The van der Waals surface area contributed by atoms with Gasteiger partial charge in [-0.1, -0.05) is 232 Å². The molecule has 2 aromatic heterocycles. The fourth-order valence-electron chi connectivity index (χ4n) is 10.5. The zero-order valence-electron chi connectivity index (χ0n) is 38.2. The molecule has 2 nitrogen and oxygen atoms in total. The number of aryl methyl sites for hydroxylation is 1. The highest BCUT2D eigenvalue weighted by molar-refractivity contribution is 6.29. The van der Waals surface area contributed by atoms with Crippen LogP contribution in [0.3, 0.4) is 0 Å². The van der Waals surface area contributed by atoms with E-state index in [1.54, 1.807) is 0 Å². The van der Waals surface area contributed by atoms with E-state index in [4.69, 9.17) is 8.83 Å². The third-order valence-electron chi connectivity index (χ3n) is 13.8. The summed E-state index contributed by atoms with van der Waals surface area (Å²) in [6, 6.07) is 81.1. The van der Waals surface area contributed by atoms with E-state index >= 15 is 0 Å². The largest absolute Gasteiger partial charge is 0.455 e. The quantitative estimate of drug-likeness (QED) is 0.114. The van der Waals surface area contributed by atoms with Gasteiger partial charge in [0.25, 0.3) is 0 Å². The molecule has 0 saturated carbocycles. The smallest absolute Gasteiger partial charge is 0.144 e. The van der Waals surface area contributed by atoms with E-state index in [2.05, 4.69) is 231 Å². The normalized spacial score (nSPS) is 11.6. The second kappa shape index (κ2) is 17.9. The summed E-state index contributed by atoms with van der Waals surface area (Å²) in [5.41, 5.74) is 16.2. The zero-order valence-corrected chi connectivity index (χ0v) is 38.2. The van der Waals surface area contributed by atoms with Gasteiger partial charge in [-0.2, -0.15) is 0 Å². The van der Waals surface area contributed by atoms with Crippen molar-refractivity contribution in [1.82, 2.24) is 0 Å². The van der Waals surface area contributed by atoms with Gasteiger partial charge in [0.15, 0.2) is 0 Å². The first-order chi connectivity index (χ1) is 33.7. The minimum Gasteiger partial charge on any atom is -0.455 e. The minimum absolute atomic E-state index is 0.834. The molecule has 0 unspecified atom stereocenters. The van der Waals surface area contributed by atoms with Gasteiger partial charge in [-0.15, -0.1) is 0 Å². The molecule has 12 aromatic rings. The van der Waals surface area contributed by atoms with Crippen molar-refractivity contribution in [2.75, 3.05) is 0 Å². The first-order valence-electron chi connectivity index (χ1n) is 24.1. The Hall–Kier alpha value is -8.20. The number of benzene rings is 10. The lowest BCUT2D eigenvalue weighted by molar-refractivity contribution is 0.633. The van der Waals surface area contributed by atoms with Gasteiger partial charge in [0.1, 0.15) is 22.7 Å². The monoisotopic (exact) mass is 874 g/mol. The molecule has 0 atom stereocenters. The topological polar surface area (TPSA) is 26.3 Å². The molecule has 0 saturated heterocycles. The van der Waals surface area contributed by atoms with Gasteiger partial charge in [0.05, 0.1) is 0 Å². The molecule has 0 aliphatic heterocycles. The lowest BCUT2D eigenvalue weighted by Gasteiger charge is -2.16. The van der Waals surface area contributed by atoms with E-state index in [-0.39, 0.29) is 0 Å². The van der Waals surface area contributed by atoms with Crippen LogP contribution in [0.4, 0.5) is 0 Å². The number of hydrogen-bond acceptors (Lipinski definition) is 2. The SMILES string of the molecule is CCCCCCc1ccc(-c2cc3c(-c4ccccc4)c(-c4ccccc4)oc3c3c(-c4cccc(-c5cccc6ccccc56)c4)cc4c(-c5ccccc5)c(-c5ccccc5)oc4c23)cc1. The molecule has 326 valence electrons. The second-order valence-corrected chi connectivity index (χ2v) is 18.0. The summed E-state index contributed by atoms with van der Waals surface area (Å²) >= 11 is 0. The van der Waals surface area contributed by atoms with E-state index in [1.165, 1.54) is 47.6 Å². The molecule has 2 heteroatoms. The zero-order chi connectivity index (χ0) is 45.4. The summed E-state index contributed by atoms with van der Waals surface area (Å²) in [6.07, 6.45) is 6.01. The van der Waals surface area contributed by atoms with Gasteiger partial charge in [0.2, 0.25) is 0 Å². The van der Waals surface area contributed by atoms with Crippen molar-refractivity contribution in [2.45, 2.75) is 39.0 Å². The molecule has 0 radical (unpaired) electrons. The number of rotatable bonds is 12. The van der Waals surface area contributed by atoms with E-state index in [1.807, 2.05) is 0 Å². The Kier molecular flexibility index (Phi) is 10.8. The van der Waals surface area contributed by atoms with E-state index in [0.717, 1.165) is 112 Å². The maximum absolute atomic E-state index is 7.48. The molecule has 0 N–H and O–H groups in total. The Morgan fingerprint density at radius 1 is 0.324 bits per heavy atom. The fraction of sp³-hybridized carbons (Fsp3) is 0.0909. The van der Waals surface area contributed by atoms with E-state index in [0.29, 0.717) is 0 Å². The van der Waals surface area contributed by atoms with Crippen LogP contribution in [0.2, 0.25) is 0 Å². The van der Waals surface area contributed by atoms with E-state index < -0.39 is 0 Å². The third-order valence-corrected chi connectivity index (χ3v) is 13.8. The highest BCUT2D eigenvalue weighted by atomic mass is 16.3. The molecule has 0 fully saturated rings. The average Bonchev–Trinajstić information content (AvgIpc) is 4.00. The summed E-state index contributed by atoms with van der Waals surface area (Å²) in [5.74, 6) is 1.69. The predicted octanol–water partition coefficient (Wildman–Crippen LogP) is 19.3. The van der Waals surface area contributed by atoms with Crippen LogP contribution in [-0.4, -0.2) is 0 Å². The van der Waals surface area contributed by atoms with Crippen LogP contribution in [0.25, 0.3) is 122 Å². The molecule has 0 spiro atoms. The standard InChI is InChI=1S/C66H50O2/c1-2-3-4-9-22-44-37-39-46(40-38-44)55-42-57-59(47-24-10-5-11-25-47)63(49-28-14-7-15-29-49)68-66(57)62-56(52-34-20-33-51(41-52)54-36-21-32-45-23-18-19-35-53(45)54)43-58-60(48-26-12-6-13-27-48)64(67-65(58)61(55)62)50-30-16-8-17-31-50/h5-8,10-21,23-43H,2-4,9,22H2,1H3. The van der Waals surface area contributed by atoms with Crippen molar-refractivity contribution < 1.29 is 8.83 Å². The number of hydrogen-bond donors (Lipinski definition) is 0. The number of fused-ring (bicyclic) bond motifs is 6. The minimum atomic E-state index is 0.834. The van der Waals surface area contributed by atoms with Crippen molar-refractivity contribution in [1.29, 1.82) is 0 Å². The Bertz CT molecular complexity index is 3690. The second-order valence-electron chi connectivity index (χ2n) is 18.0. The predicted molar refractivity (Wildman–Crippen MR) is 287 cm³/mol. The highest BCUT2D eigenvalue weighted by Gasteiger charge is 2.29. The maximum Gasteiger partial charge on any atom is 0.144 e. The van der Waals surface area contributed by atoms with Gasteiger partial charge in [-0.3, -0.25) is 0 Å².